The normalized spacial score (nSPS) is 16.6. The Morgan fingerprint density at radius 3 is 2.42 bits per heavy atom. The zero-order valence-corrected chi connectivity index (χ0v) is 21.9. The summed E-state index contributed by atoms with van der Waals surface area (Å²) in [5.74, 6) is 0.270. The van der Waals surface area contributed by atoms with Crippen LogP contribution >= 0.6 is 0 Å². The number of fused-ring (bicyclic) bond motifs is 2. The highest BCUT2D eigenvalue weighted by Gasteiger charge is 2.44. The van der Waals surface area contributed by atoms with Crippen LogP contribution < -0.4 is 14.2 Å². The lowest BCUT2D eigenvalue weighted by molar-refractivity contribution is -0.142. The van der Waals surface area contributed by atoms with E-state index in [2.05, 4.69) is 4.98 Å². The summed E-state index contributed by atoms with van der Waals surface area (Å²) >= 11 is 0. The van der Waals surface area contributed by atoms with Crippen molar-refractivity contribution in [3.05, 3.63) is 59.3 Å². The van der Waals surface area contributed by atoms with Gasteiger partial charge in [-0.05, 0) is 43.7 Å². The molecule has 38 heavy (non-hydrogen) atoms. The molecule has 198 valence electrons. The third-order valence-electron chi connectivity index (χ3n) is 7.73. The van der Waals surface area contributed by atoms with E-state index in [-0.39, 0.29) is 23.8 Å². The van der Waals surface area contributed by atoms with E-state index in [0.717, 1.165) is 5.39 Å². The average Bonchev–Trinajstić information content (AvgIpc) is 2.91. The number of carbonyl (C=O) groups excluding carboxylic acids is 2. The molecule has 1 aromatic heterocycles. The summed E-state index contributed by atoms with van der Waals surface area (Å²) in [4.78, 5) is 44.6. The molecule has 0 aliphatic carbocycles. The van der Waals surface area contributed by atoms with Crippen molar-refractivity contribution in [2.24, 2.45) is 0 Å². The largest absolute Gasteiger partial charge is 0.496 e. The van der Waals surface area contributed by atoms with Gasteiger partial charge in [-0.1, -0.05) is 12.1 Å². The molecule has 1 saturated heterocycles. The summed E-state index contributed by atoms with van der Waals surface area (Å²) in [6.45, 7) is 4.02. The Hall–Kier alpha value is -4.14. The van der Waals surface area contributed by atoms with Crippen molar-refractivity contribution in [3.8, 4) is 17.2 Å². The first-order chi connectivity index (χ1) is 18.1. The number of carboxylic acid groups (broad SMARTS) is 1. The number of para-hydroxylation sites is 1. The molecule has 1 amide bonds. The van der Waals surface area contributed by atoms with Crippen LogP contribution in [-0.2, 0) is 10.2 Å². The number of methoxy groups -OCH3 is 2. The Morgan fingerprint density at radius 2 is 1.76 bits per heavy atom. The molecule has 2 aromatic carbocycles. The molecule has 0 unspecified atom stereocenters. The lowest BCUT2D eigenvalue weighted by Crippen LogP contribution is -2.52. The monoisotopic (exact) mass is 518 g/mol. The molecule has 1 fully saturated rings. The topological polar surface area (TPSA) is 115 Å². The van der Waals surface area contributed by atoms with Gasteiger partial charge in [-0.3, -0.25) is 14.4 Å². The molecule has 3 aromatic rings. The van der Waals surface area contributed by atoms with Gasteiger partial charge in [0.2, 0.25) is 0 Å². The van der Waals surface area contributed by atoms with Crippen LogP contribution in [0.5, 0.6) is 17.2 Å². The molecule has 9 nitrogen and oxygen atoms in total. The van der Waals surface area contributed by atoms with Crippen molar-refractivity contribution >= 4 is 28.6 Å². The maximum Gasteiger partial charge on any atom is 0.313 e. The number of rotatable bonds is 5. The third-order valence-corrected chi connectivity index (χ3v) is 7.73. The van der Waals surface area contributed by atoms with Crippen LogP contribution in [0.3, 0.4) is 0 Å². The van der Waals surface area contributed by atoms with E-state index in [0.29, 0.717) is 59.8 Å². The van der Waals surface area contributed by atoms with Crippen molar-refractivity contribution in [2.45, 2.75) is 44.1 Å². The number of carbonyl (C=O) groups is 3. The Morgan fingerprint density at radius 1 is 1.05 bits per heavy atom. The molecule has 5 rings (SSSR count). The summed E-state index contributed by atoms with van der Waals surface area (Å²) in [7, 11) is 3.10. The number of ketones is 1. The summed E-state index contributed by atoms with van der Waals surface area (Å²) < 4.78 is 17.3. The second-order valence-corrected chi connectivity index (χ2v) is 10.4. The van der Waals surface area contributed by atoms with E-state index in [1.165, 1.54) is 0 Å². The number of nitrogens with zero attached hydrogens (tertiary/aromatic N) is 2. The number of Topliss-reactive ketones (excluding diaryl/α,β-unsaturated/α-hetero) is 1. The summed E-state index contributed by atoms with van der Waals surface area (Å²) in [6, 6.07) is 12.1. The Balaban J connectivity index is 1.35. The molecule has 2 aliphatic heterocycles. The lowest BCUT2D eigenvalue weighted by atomic mass is 9.79. The van der Waals surface area contributed by atoms with Gasteiger partial charge >= 0.3 is 5.97 Å². The number of hydrogen-bond acceptors (Lipinski definition) is 7. The van der Waals surface area contributed by atoms with Gasteiger partial charge in [0.15, 0.2) is 5.78 Å². The highest BCUT2D eigenvalue weighted by atomic mass is 16.5. The number of aromatic nitrogens is 1. The molecule has 0 bridgehead atoms. The highest BCUT2D eigenvalue weighted by molar-refractivity contribution is 6.01. The van der Waals surface area contributed by atoms with E-state index in [1.807, 2.05) is 12.1 Å². The van der Waals surface area contributed by atoms with Crippen molar-refractivity contribution < 1.29 is 33.7 Å². The van der Waals surface area contributed by atoms with E-state index in [4.69, 9.17) is 14.2 Å². The van der Waals surface area contributed by atoms with Crippen molar-refractivity contribution in [1.82, 2.24) is 9.88 Å². The van der Waals surface area contributed by atoms with Crippen LogP contribution in [0, 0.1) is 0 Å². The van der Waals surface area contributed by atoms with Crippen molar-refractivity contribution in [2.75, 3.05) is 27.3 Å². The second kappa shape index (κ2) is 9.31. The fourth-order valence-corrected chi connectivity index (χ4v) is 5.20. The van der Waals surface area contributed by atoms with E-state index >= 15 is 0 Å². The molecule has 1 N–H and O–H groups in total. The third kappa shape index (κ3) is 4.21. The fourth-order valence-electron chi connectivity index (χ4n) is 5.20. The van der Waals surface area contributed by atoms with E-state index in [1.54, 1.807) is 63.3 Å². The number of likely N-dealkylation sites (tertiary alicyclic amines) is 1. The first-order valence-electron chi connectivity index (χ1n) is 12.5. The molecular weight excluding hydrogens is 488 g/mol. The molecule has 0 saturated carbocycles. The van der Waals surface area contributed by atoms with Crippen LogP contribution in [0.1, 0.15) is 59.5 Å². The molecule has 0 atom stereocenters. The van der Waals surface area contributed by atoms with Crippen LogP contribution in [0.15, 0.2) is 42.5 Å². The lowest BCUT2D eigenvalue weighted by Gasteiger charge is -2.44. The average molecular weight is 519 g/mol. The fraction of sp³-hybridized carbons (Fsp3) is 0.379. The number of aliphatic carboxylic acids is 1. The van der Waals surface area contributed by atoms with Crippen LogP contribution in [-0.4, -0.2) is 65.6 Å². The van der Waals surface area contributed by atoms with Gasteiger partial charge in [0.25, 0.3) is 5.91 Å². The van der Waals surface area contributed by atoms with Crippen LogP contribution in [0.4, 0.5) is 0 Å². The molecule has 3 heterocycles. The van der Waals surface area contributed by atoms with Crippen LogP contribution in [0.25, 0.3) is 10.9 Å². The summed E-state index contributed by atoms with van der Waals surface area (Å²) in [5, 5.41) is 10.3. The smallest absolute Gasteiger partial charge is 0.313 e. The molecule has 1 spiro atoms. The number of carboxylic acids is 1. The first kappa shape index (κ1) is 25.5. The van der Waals surface area contributed by atoms with Gasteiger partial charge < -0.3 is 24.2 Å². The van der Waals surface area contributed by atoms with Crippen molar-refractivity contribution in [3.63, 3.8) is 0 Å². The zero-order valence-electron chi connectivity index (χ0n) is 21.9. The maximum absolute atomic E-state index is 13.4. The van der Waals surface area contributed by atoms with E-state index in [9.17, 15) is 19.5 Å². The van der Waals surface area contributed by atoms with Crippen molar-refractivity contribution in [1.29, 1.82) is 0 Å². The van der Waals surface area contributed by atoms with Crippen LogP contribution in [0.2, 0.25) is 0 Å². The van der Waals surface area contributed by atoms with Gasteiger partial charge in [0.05, 0.1) is 31.6 Å². The Labute approximate surface area is 220 Å². The van der Waals surface area contributed by atoms with Gasteiger partial charge in [0.1, 0.15) is 34.1 Å². The second-order valence-electron chi connectivity index (χ2n) is 10.4. The minimum absolute atomic E-state index is 0.0814. The Kier molecular flexibility index (Phi) is 6.25. The quantitative estimate of drug-likeness (QED) is 0.533. The van der Waals surface area contributed by atoms with Gasteiger partial charge in [-0.25, -0.2) is 4.98 Å². The number of benzene rings is 2. The minimum Gasteiger partial charge on any atom is -0.496 e. The van der Waals surface area contributed by atoms with Gasteiger partial charge in [0, 0.05) is 37.4 Å². The maximum atomic E-state index is 13.4. The van der Waals surface area contributed by atoms with Gasteiger partial charge in [-0.15, -0.1) is 0 Å². The molecule has 2 aliphatic rings. The number of amides is 1. The Bertz CT molecular complexity index is 1450. The first-order valence-corrected chi connectivity index (χ1v) is 12.5. The highest BCUT2D eigenvalue weighted by Crippen LogP contribution is 2.41. The SMILES string of the molecule is COc1cc(C(=O)N2CCC3(CC2)CC(=O)c2cc(C(C)(C)C(=O)O)ccc2O3)nc2c(OC)cccc12. The summed E-state index contributed by atoms with van der Waals surface area (Å²) in [5.41, 5.74) is -0.0691. The standard InChI is InChI=1S/C29H30N2O7/c1-28(2,27(34)35)17-8-9-22-19(14-17)21(32)16-29(38-22)10-12-31(13-11-29)26(33)20-15-24(37-4)18-6-5-7-23(36-3)25(18)30-20/h5-9,14-15H,10-13,16H2,1-4H3,(H,34,35). The number of ether oxygens (including phenoxy) is 3. The molecule has 9 heteroatoms. The van der Waals surface area contributed by atoms with E-state index < -0.39 is 17.0 Å². The summed E-state index contributed by atoms with van der Waals surface area (Å²) in [6.07, 6.45) is 1.15. The predicted molar refractivity (Wildman–Crippen MR) is 139 cm³/mol. The number of hydrogen-bond donors (Lipinski definition) is 1. The number of pyridine rings is 1. The molecule has 0 radical (unpaired) electrons. The number of piperidine rings is 1. The zero-order chi connectivity index (χ0) is 27.2. The van der Waals surface area contributed by atoms with Gasteiger partial charge in [-0.2, -0.15) is 0 Å². The predicted octanol–water partition coefficient (Wildman–Crippen LogP) is 4.25. The minimum atomic E-state index is -1.13. The molecular formula is C29H30N2O7.